The maximum absolute atomic E-state index is 12.5. The van der Waals surface area contributed by atoms with Crippen molar-refractivity contribution in [1.82, 2.24) is 24.5 Å². The molecule has 0 saturated heterocycles. The maximum Gasteiger partial charge on any atom is 0.343 e. The van der Waals surface area contributed by atoms with E-state index >= 15 is 0 Å². The summed E-state index contributed by atoms with van der Waals surface area (Å²) in [5.41, 5.74) is 1.92. The van der Waals surface area contributed by atoms with Crippen molar-refractivity contribution < 1.29 is 0 Å². The number of H-pyrrole nitrogens is 1. The van der Waals surface area contributed by atoms with Crippen molar-refractivity contribution in [2.24, 2.45) is 0 Å². The van der Waals surface area contributed by atoms with Gasteiger partial charge < -0.3 is 0 Å². The van der Waals surface area contributed by atoms with Crippen molar-refractivity contribution >= 4 is 21.6 Å². The second kappa shape index (κ2) is 6.49. The van der Waals surface area contributed by atoms with E-state index < -0.39 is 0 Å². The highest BCUT2D eigenvalue weighted by molar-refractivity contribution is 7.21. The first-order valence-corrected chi connectivity index (χ1v) is 10.3. The molecular weight excluding hydrogens is 358 g/mol. The molecule has 1 aromatic carbocycles. The van der Waals surface area contributed by atoms with E-state index in [0.717, 1.165) is 45.1 Å². The van der Waals surface area contributed by atoms with E-state index in [1.54, 1.807) is 11.3 Å². The summed E-state index contributed by atoms with van der Waals surface area (Å²) in [6.45, 7) is 2.02. The number of aromatic nitrogens is 5. The highest BCUT2D eigenvalue weighted by Crippen LogP contribution is 2.37. The third-order valence-electron chi connectivity index (χ3n) is 5.41. The molecule has 1 N–H and O–H groups in total. The van der Waals surface area contributed by atoms with Crippen molar-refractivity contribution in [2.75, 3.05) is 0 Å². The molecule has 27 heavy (non-hydrogen) atoms. The molecule has 1 aliphatic carbocycles. The quantitative estimate of drug-likeness (QED) is 0.572. The molecular formula is C20H21N5OS. The van der Waals surface area contributed by atoms with E-state index in [-0.39, 0.29) is 11.7 Å². The Morgan fingerprint density at radius 3 is 2.70 bits per heavy atom. The van der Waals surface area contributed by atoms with Crippen LogP contribution in [0, 0.1) is 6.92 Å². The molecule has 0 radical (unpaired) electrons. The molecule has 3 aromatic heterocycles. The van der Waals surface area contributed by atoms with Gasteiger partial charge in [0.05, 0.1) is 16.3 Å². The van der Waals surface area contributed by atoms with Crippen LogP contribution in [0.1, 0.15) is 43.8 Å². The number of para-hydroxylation sites is 1. The number of hydrogen-bond acceptors (Lipinski definition) is 4. The fourth-order valence-corrected chi connectivity index (χ4v) is 5.23. The number of benzene rings is 1. The molecule has 7 heteroatoms. The second-order valence-corrected chi connectivity index (χ2v) is 8.21. The van der Waals surface area contributed by atoms with Crippen LogP contribution in [0.15, 0.2) is 41.2 Å². The monoisotopic (exact) mass is 379 g/mol. The third kappa shape index (κ3) is 2.73. The SMILES string of the molecule is Cc1nn(-c2ccccc2)c2sc(-c3n[nH]c(=O)n3C3CCCCC3)cc12. The van der Waals surface area contributed by atoms with Gasteiger partial charge in [0.15, 0.2) is 5.82 Å². The number of rotatable bonds is 3. The fourth-order valence-electron chi connectivity index (χ4n) is 4.06. The Morgan fingerprint density at radius 2 is 1.93 bits per heavy atom. The second-order valence-electron chi connectivity index (χ2n) is 7.18. The Morgan fingerprint density at radius 1 is 1.15 bits per heavy atom. The van der Waals surface area contributed by atoms with Crippen molar-refractivity contribution in [3.8, 4) is 16.4 Å². The van der Waals surface area contributed by atoms with Gasteiger partial charge >= 0.3 is 5.69 Å². The van der Waals surface area contributed by atoms with Gasteiger partial charge in [-0.1, -0.05) is 37.5 Å². The number of aromatic amines is 1. The van der Waals surface area contributed by atoms with E-state index in [0.29, 0.717) is 0 Å². The van der Waals surface area contributed by atoms with Crippen LogP contribution in [-0.4, -0.2) is 24.5 Å². The van der Waals surface area contributed by atoms with E-state index in [4.69, 9.17) is 5.10 Å². The number of thiophene rings is 1. The predicted octanol–water partition coefficient (Wildman–Crippen LogP) is 4.45. The molecule has 0 aliphatic heterocycles. The van der Waals surface area contributed by atoms with Crippen molar-refractivity contribution in [2.45, 2.75) is 45.1 Å². The first-order chi connectivity index (χ1) is 13.2. The van der Waals surface area contributed by atoms with Gasteiger partial charge in [-0.15, -0.1) is 11.3 Å². The Balaban J connectivity index is 1.64. The summed E-state index contributed by atoms with van der Waals surface area (Å²) < 4.78 is 3.86. The van der Waals surface area contributed by atoms with Crippen LogP contribution in [0.25, 0.3) is 26.6 Å². The Hall–Kier alpha value is -2.67. The van der Waals surface area contributed by atoms with Crippen LogP contribution in [0.4, 0.5) is 0 Å². The Bertz CT molecular complexity index is 1140. The zero-order chi connectivity index (χ0) is 18.4. The highest BCUT2D eigenvalue weighted by atomic mass is 32.1. The summed E-state index contributed by atoms with van der Waals surface area (Å²) in [7, 11) is 0. The molecule has 0 bridgehead atoms. The van der Waals surface area contributed by atoms with Crippen molar-refractivity contribution in [3.63, 3.8) is 0 Å². The van der Waals surface area contributed by atoms with Crippen LogP contribution < -0.4 is 5.69 Å². The first kappa shape index (κ1) is 16.5. The summed E-state index contributed by atoms with van der Waals surface area (Å²) in [4.78, 5) is 14.5. The zero-order valence-corrected chi connectivity index (χ0v) is 16.0. The van der Waals surface area contributed by atoms with E-state index in [9.17, 15) is 4.79 Å². The normalized spacial score (nSPS) is 15.6. The van der Waals surface area contributed by atoms with Crippen LogP contribution >= 0.6 is 11.3 Å². The fraction of sp³-hybridized carbons (Fsp3) is 0.350. The molecule has 0 atom stereocenters. The largest absolute Gasteiger partial charge is 0.343 e. The molecule has 5 rings (SSSR count). The molecule has 0 amide bonds. The molecule has 1 fully saturated rings. The molecule has 3 heterocycles. The average molecular weight is 379 g/mol. The maximum atomic E-state index is 12.5. The molecule has 0 spiro atoms. The van der Waals surface area contributed by atoms with Crippen LogP contribution in [0.5, 0.6) is 0 Å². The van der Waals surface area contributed by atoms with E-state index in [1.165, 1.54) is 19.3 Å². The average Bonchev–Trinajstić information content (AvgIpc) is 3.38. The minimum Gasteiger partial charge on any atom is -0.271 e. The van der Waals surface area contributed by atoms with E-state index in [2.05, 4.69) is 28.4 Å². The lowest BCUT2D eigenvalue weighted by Gasteiger charge is -2.22. The van der Waals surface area contributed by atoms with Crippen LogP contribution in [-0.2, 0) is 0 Å². The number of fused-ring (bicyclic) bond motifs is 1. The zero-order valence-electron chi connectivity index (χ0n) is 15.2. The van der Waals surface area contributed by atoms with E-state index in [1.807, 2.05) is 34.4 Å². The minimum absolute atomic E-state index is 0.101. The lowest BCUT2D eigenvalue weighted by molar-refractivity contribution is 0.349. The molecule has 6 nitrogen and oxygen atoms in total. The molecule has 0 unspecified atom stereocenters. The smallest absolute Gasteiger partial charge is 0.271 e. The summed E-state index contributed by atoms with van der Waals surface area (Å²) in [6, 6.07) is 12.5. The van der Waals surface area contributed by atoms with Gasteiger partial charge in [0, 0.05) is 11.4 Å². The van der Waals surface area contributed by atoms with Gasteiger partial charge in [0.25, 0.3) is 0 Å². The van der Waals surface area contributed by atoms with Gasteiger partial charge in [-0.3, -0.25) is 4.57 Å². The Kier molecular flexibility index (Phi) is 3.97. The number of hydrogen-bond donors (Lipinski definition) is 1. The molecule has 1 saturated carbocycles. The van der Waals surface area contributed by atoms with Crippen LogP contribution in [0.3, 0.4) is 0 Å². The van der Waals surface area contributed by atoms with Crippen LogP contribution in [0.2, 0.25) is 0 Å². The predicted molar refractivity (Wildman–Crippen MR) is 108 cm³/mol. The summed E-state index contributed by atoms with van der Waals surface area (Å²) in [6.07, 6.45) is 5.71. The van der Waals surface area contributed by atoms with Gasteiger partial charge in [0.2, 0.25) is 0 Å². The molecule has 1 aliphatic rings. The van der Waals surface area contributed by atoms with Gasteiger partial charge in [0.1, 0.15) is 4.83 Å². The third-order valence-corrected chi connectivity index (χ3v) is 6.52. The Labute approximate surface area is 160 Å². The lowest BCUT2D eigenvalue weighted by atomic mass is 9.95. The lowest BCUT2D eigenvalue weighted by Crippen LogP contribution is -2.24. The first-order valence-electron chi connectivity index (χ1n) is 9.44. The molecule has 138 valence electrons. The van der Waals surface area contributed by atoms with Crippen molar-refractivity contribution in [3.05, 3.63) is 52.6 Å². The molecule has 4 aromatic rings. The van der Waals surface area contributed by atoms with Gasteiger partial charge in [-0.05, 0) is 38.0 Å². The minimum atomic E-state index is -0.101. The number of nitrogens with zero attached hydrogens (tertiary/aromatic N) is 4. The highest BCUT2D eigenvalue weighted by Gasteiger charge is 2.24. The topological polar surface area (TPSA) is 68.5 Å². The number of aryl methyl sites for hydroxylation is 1. The van der Waals surface area contributed by atoms with Crippen molar-refractivity contribution in [1.29, 1.82) is 0 Å². The van der Waals surface area contributed by atoms with Gasteiger partial charge in [-0.25, -0.2) is 14.6 Å². The summed E-state index contributed by atoms with van der Waals surface area (Å²) in [5.74, 6) is 0.757. The number of nitrogens with one attached hydrogen (secondary N) is 1. The summed E-state index contributed by atoms with van der Waals surface area (Å²) >= 11 is 1.64. The standard InChI is InChI=1S/C20H21N5OS/c1-13-16-12-17(27-19(16)25(23-13)15-10-6-3-7-11-15)18-21-22-20(26)24(18)14-8-4-2-5-9-14/h3,6-7,10-12,14H,2,4-5,8-9H2,1H3,(H,22,26). The summed E-state index contributed by atoms with van der Waals surface area (Å²) in [5, 5.41) is 12.9. The van der Waals surface area contributed by atoms with Gasteiger partial charge in [-0.2, -0.15) is 10.2 Å².